The van der Waals surface area contributed by atoms with Gasteiger partial charge in [-0.3, -0.25) is 14.4 Å². The third-order valence-electron chi connectivity index (χ3n) is 5.17. The number of nitrogens with one attached hydrogen (secondary N) is 1. The minimum absolute atomic E-state index is 0.134. The predicted octanol–water partition coefficient (Wildman–Crippen LogP) is 3.05. The number of hydrogen-bond acceptors (Lipinski definition) is 4. The summed E-state index contributed by atoms with van der Waals surface area (Å²) in [5.41, 5.74) is 7.50. The highest BCUT2D eigenvalue weighted by Gasteiger charge is 2.37. The Morgan fingerprint density at radius 3 is 2.32 bits per heavy atom. The molecule has 3 N–H and O–H groups in total. The summed E-state index contributed by atoms with van der Waals surface area (Å²) in [7, 11) is 0. The maximum atomic E-state index is 13.3. The highest BCUT2D eigenvalue weighted by molar-refractivity contribution is 8.03. The van der Waals surface area contributed by atoms with Gasteiger partial charge in [-0.2, -0.15) is 0 Å². The number of carbonyl (C=O) groups excluding carboxylic acids is 3. The molecule has 2 unspecified atom stereocenters. The summed E-state index contributed by atoms with van der Waals surface area (Å²) < 4.78 is 13.3. The monoisotopic (exact) mass is 441 g/mol. The lowest BCUT2D eigenvalue weighted by Gasteiger charge is -2.25. The smallest absolute Gasteiger partial charge is 0.254 e. The summed E-state index contributed by atoms with van der Waals surface area (Å²) in [6.45, 7) is 3.62. The largest absolute Gasteiger partial charge is 0.369 e. The van der Waals surface area contributed by atoms with Crippen LogP contribution in [0.2, 0.25) is 0 Å². The molecule has 8 heteroatoms. The molecule has 0 bridgehead atoms. The van der Waals surface area contributed by atoms with Gasteiger partial charge in [-0.25, -0.2) is 4.39 Å². The number of rotatable bonds is 7. The summed E-state index contributed by atoms with van der Waals surface area (Å²) in [6.07, 6.45) is 0. The van der Waals surface area contributed by atoms with Crippen LogP contribution >= 0.6 is 11.8 Å². The third-order valence-corrected chi connectivity index (χ3v) is 6.49. The van der Waals surface area contributed by atoms with Crippen molar-refractivity contribution >= 4 is 29.5 Å². The fourth-order valence-electron chi connectivity index (χ4n) is 3.42. The van der Waals surface area contributed by atoms with Gasteiger partial charge in [0.15, 0.2) is 0 Å². The number of allylic oxidation sites excluding steroid dienone is 1. The van der Waals surface area contributed by atoms with Gasteiger partial charge in [-0.05, 0) is 54.2 Å². The Labute approximate surface area is 184 Å². The van der Waals surface area contributed by atoms with Crippen LogP contribution in [0.5, 0.6) is 0 Å². The first-order chi connectivity index (χ1) is 14.8. The van der Waals surface area contributed by atoms with E-state index < -0.39 is 23.1 Å². The number of hydrogen-bond donors (Lipinski definition) is 2. The van der Waals surface area contributed by atoms with Crippen LogP contribution in [0.15, 0.2) is 65.1 Å². The van der Waals surface area contributed by atoms with Gasteiger partial charge in [0.05, 0.1) is 11.3 Å². The highest BCUT2D eigenvalue weighted by Crippen LogP contribution is 2.40. The van der Waals surface area contributed by atoms with E-state index in [1.54, 1.807) is 42.5 Å². The molecule has 0 fully saturated rings. The first-order valence-corrected chi connectivity index (χ1v) is 10.7. The van der Waals surface area contributed by atoms with Gasteiger partial charge in [0.25, 0.3) is 5.91 Å². The normalized spacial score (nSPS) is 18.0. The average molecular weight is 442 g/mol. The molecule has 0 saturated carbocycles. The topological polar surface area (TPSA) is 92.5 Å². The van der Waals surface area contributed by atoms with Crippen molar-refractivity contribution in [2.75, 3.05) is 6.54 Å². The minimum atomic E-state index is -0.593. The number of benzene rings is 2. The van der Waals surface area contributed by atoms with Crippen molar-refractivity contribution in [2.24, 2.45) is 11.7 Å². The van der Waals surface area contributed by atoms with Crippen LogP contribution in [0, 0.1) is 11.7 Å². The van der Waals surface area contributed by atoms with Gasteiger partial charge in [-0.1, -0.05) is 30.3 Å². The SMILES string of the molecule is CC1=C(C)C(C(N)=O)C(NC(=O)CN(Cc2ccc(F)cc2)C(=O)c2ccccc2)S1. The molecule has 3 rings (SSSR count). The molecular formula is C23H24FN3O3S. The molecule has 2 aromatic carbocycles. The predicted molar refractivity (Wildman–Crippen MR) is 118 cm³/mol. The van der Waals surface area contributed by atoms with Crippen molar-refractivity contribution in [3.8, 4) is 0 Å². The molecule has 0 spiro atoms. The molecular weight excluding hydrogens is 417 g/mol. The third kappa shape index (κ3) is 5.52. The van der Waals surface area contributed by atoms with E-state index in [0.717, 1.165) is 10.5 Å². The first-order valence-electron chi connectivity index (χ1n) is 9.77. The molecule has 2 aromatic rings. The maximum Gasteiger partial charge on any atom is 0.254 e. The molecule has 0 saturated heterocycles. The van der Waals surface area contributed by atoms with Crippen molar-refractivity contribution in [1.29, 1.82) is 0 Å². The fraction of sp³-hybridized carbons (Fsp3) is 0.261. The Kier molecular flexibility index (Phi) is 7.12. The van der Waals surface area contributed by atoms with Crippen molar-refractivity contribution < 1.29 is 18.8 Å². The van der Waals surface area contributed by atoms with E-state index >= 15 is 0 Å². The van der Waals surface area contributed by atoms with Gasteiger partial charge in [0, 0.05) is 12.1 Å². The van der Waals surface area contributed by atoms with Gasteiger partial charge < -0.3 is 16.0 Å². The van der Waals surface area contributed by atoms with Gasteiger partial charge in [0.1, 0.15) is 12.4 Å². The van der Waals surface area contributed by atoms with E-state index in [4.69, 9.17) is 5.73 Å². The van der Waals surface area contributed by atoms with Crippen molar-refractivity contribution in [3.63, 3.8) is 0 Å². The molecule has 3 amide bonds. The summed E-state index contributed by atoms with van der Waals surface area (Å²) in [4.78, 5) is 40.1. The van der Waals surface area contributed by atoms with Crippen LogP contribution in [-0.2, 0) is 16.1 Å². The molecule has 0 radical (unpaired) electrons. The van der Waals surface area contributed by atoms with Crippen molar-refractivity contribution in [3.05, 3.63) is 82.0 Å². The van der Waals surface area contributed by atoms with Crippen LogP contribution < -0.4 is 11.1 Å². The molecule has 31 heavy (non-hydrogen) atoms. The minimum Gasteiger partial charge on any atom is -0.369 e. The Hall–Kier alpha value is -3.13. The molecule has 6 nitrogen and oxygen atoms in total. The van der Waals surface area contributed by atoms with E-state index in [1.807, 2.05) is 13.8 Å². The highest BCUT2D eigenvalue weighted by atomic mass is 32.2. The average Bonchev–Trinajstić information content (AvgIpc) is 3.02. The molecule has 1 aliphatic heterocycles. The van der Waals surface area contributed by atoms with E-state index in [0.29, 0.717) is 11.1 Å². The zero-order valence-corrected chi connectivity index (χ0v) is 18.1. The molecule has 1 aliphatic rings. The van der Waals surface area contributed by atoms with E-state index in [-0.39, 0.29) is 24.8 Å². The Morgan fingerprint density at radius 2 is 1.71 bits per heavy atom. The second kappa shape index (κ2) is 9.78. The van der Waals surface area contributed by atoms with Gasteiger partial charge in [-0.15, -0.1) is 11.8 Å². The van der Waals surface area contributed by atoms with E-state index in [9.17, 15) is 18.8 Å². The summed E-state index contributed by atoms with van der Waals surface area (Å²) in [6, 6.07) is 14.4. The van der Waals surface area contributed by atoms with Crippen molar-refractivity contribution in [1.82, 2.24) is 10.2 Å². The Morgan fingerprint density at radius 1 is 1.06 bits per heavy atom. The summed E-state index contributed by atoms with van der Waals surface area (Å²) in [5, 5.41) is 2.32. The summed E-state index contributed by atoms with van der Waals surface area (Å²) in [5.74, 6) is -2.20. The Balaban J connectivity index is 1.76. The van der Waals surface area contributed by atoms with E-state index in [2.05, 4.69) is 5.32 Å². The number of amides is 3. The van der Waals surface area contributed by atoms with E-state index in [1.165, 1.54) is 28.8 Å². The number of thioether (sulfide) groups is 1. The van der Waals surface area contributed by atoms with Crippen LogP contribution in [0.4, 0.5) is 4.39 Å². The zero-order chi connectivity index (χ0) is 22.5. The second-order valence-electron chi connectivity index (χ2n) is 7.38. The second-order valence-corrected chi connectivity index (χ2v) is 8.73. The van der Waals surface area contributed by atoms with Crippen LogP contribution in [0.25, 0.3) is 0 Å². The quantitative estimate of drug-likeness (QED) is 0.691. The van der Waals surface area contributed by atoms with Crippen LogP contribution in [-0.4, -0.2) is 34.5 Å². The Bertz CT molecular complexity index is 1010. The standard InChI is InChI=1S/C23H24FN3O3S/c1-14-15(2)31-22(20(14)21(25)29)26-19(28)13-27(12-16-8-10-18(24)11-9-16)23(30)17-6-4-3-5-7-17/h3-11,20,22H,12-13H2,1-2H3,(H2,25,29)(H,26,28). The lowest BCUT2D eigenvalue weighted by atomic mass is 9.99. The zero-order valence-electron chi connectivity index (χ0n) is 17.3. The van der Waals surface area contributed by atoms with Gasteiger partial charge in [0.2, 0.25) is 11.8 Å². The maximum absolute atomic E-state index is 13.3. The molecule has 0 aliphatic carbocycles. The number of halogens is 1. The molecule has 0 aromatic heterocycles. The van der Waals surface area contributed by atoms with Gasteiger partial charge >= 0.3 is 0 Å². The number of nitrogens with zero attached hydrogens (tertiary/aromatic N) is 1. The molecule has 2 atom stereocenters. The van der Waals surface area contributed by atoms with Crippen molar-refractivity contribution in [2.45, 2.75) is 25.8 Å². The van der Waals surface area contributed by atoms with Crippen LogP contribution in [0.3, 0.4) is 0 Å². The number of nitrogens with two attached hydrogens (primary N) is 1. The van der Waals surface area contributed by atoms with Crippen LogP contribution in [0.1, 0.15) is 29.8 Å². The number of primary amides is 1. The molecule has 1 heterocycles. The molecule has 162 valence electrons. The first kappa shape index (κ1) is 22.6. The lowest BCUT2D eigenvalue weighted by molar-refractivity contribution is -0.123. The number of carbonyl (C=O) groups is 3. The fourth-order valence-corrected chi connectivity index (χ4v) is 4.78. The summed E-state index contributed by atoms with van der Waals surface area (Å²) >= 11 is 1.38. The lowest BCUT2D eigenvalue weighted by Crippen LogP contribution is -2.46.